The minimum atomic E-state index is -0.625. The van der Waals surface area contributed by atoms with Gasteiger partial charge in [-0.25, -0.2) is 9.97 Å². The molecule has 0 atom stereocenters. The van der Waals surface area contributed by atoms with E-state index >= 15 is 0 Å². The molecule has 0 aliphatic rings. The third kappa shape index (κ3) is 1.51. The van der Waals surface area contributed by atoms with E-state index in [0.717, 1.165) is 5.56 Å². The Bertz CT molecular complexity index is 244. The number of carbonyl (C=O) groups is 1. The summed E-state index contributed by atoms with van der Waals surface area (Å²) in [7, 11) is 0. The van der Waals surface area contributed by atoms with Crippen LogP contribution < -0.4 is 0 Å². The summed E-state index contributed by atoms with van der Waals surface area (Å²) in [6.07, 6.45) is 3.09. The highest BCUT2D eigenvalue weighted by Gasteiger charge is 2.02. The molecule has 0 aliphatic heterocycles. The number of nitrogens with zero attached hydrogens (tertiary/aromatic N) is 2. The van der Waals surface area contributed by atoms with Crippen molar-refractivity contribution in [3.8, 4) is 0 Å². The molecule has 0 radical (unpaired) electrons. The van der Waals surface area contributed by atoms with E-state index in [2.05, 4.69) is 9.97 Å². The molecule has 3 nitrogen and oxygen atoms in total. The molecule has 0 N–H and O–H groups in total. The van der Waals surface area contributed by atoms with E-state index in [1.54, 1.807) is 12.4 Å². The molecule has 0 aromatic carbocycles. The van der Waals surface area contributed by atoms with Crippen molar-refractivity contribution in [2.75, 3.05) is 0 Å². The van der Waals surface area contributed by atoms with E-state index in [9.17, 15) is 4.79 Å². The molecule has 1 heterocycles. The minimum Gasteiger partial charge on any atom is -0.272 e. The third-order valence-electron chi connectivity index (χ3n) is 0.957. The Morgan fingerprint density at radius 1 is 1.50 bits per heavy atom. The first kappa shape index (κ1) is 7.15. The molecular weight excluding hydrogens is 152 g/mol. The maximum atomic E-state index is 10.4. The number of hydrogen-bond donors (Lipinski definition) is 0. The Labute approximate surface area is 63.1 Å². The predicted molar refractivity (Wildman–Crippen MR) is 37.0 cm³/mol. The van der Waals surface area contributed by atoms with E-state index in [-0.39, 0.29) is 5.82 Å². The summed E-state index contributed by atoms with van der Waals surface area (Å²) in [4.78, 5) is 17.8. The van der Waals surface area contributed by atoms with Crippen LogP contribution in [-0.2, 0) is 0 Å². The molecule has 10 heavy (non-hydrogen) atoms. The summed E-state index contributed by atoms with van der Waals surface area (Å²) < 4.78 is 0. The second-order valence-electron chi connectivity index (χ2n) is 1.86. The Morgan fingerprint density at radius 2 is 2.00 bits per heavy atom. The van der Waals surface area contributed by atoms with Crippen molar-refractivity contribution in [1.82, 2.24) is 9.97 Å². The predicted octanol–water partition coefficient (Wildman–Crippen LogP) is 1.16. The number of aromatic nitrogens is 2. The molecule has 0 aliphatic carbocycles. The lowest BCUT2D eigenvalue weighted by Gasteiger charge is -1.90. The molecule has 0 saturated heterocycles. The van der Waals surface area contributed by atoms with Crippen molar-refractivity contribution >= 4 is 16.8 Å². The quantitative estimate of drug-likeness (QED) is 0.573. The Balaban J connectivity index is 3.00. The number of aryl methyl sites for hydroxylation is 1. The van der Waals surface area contributed by atoms with Crippen molar-refractivity contribution in [2.45, 2.75) is 6.92 Å². The van der Waals surface area contributed by atoms with Crippen LogP contribution in [0.5, 0.6) is 0 Å². The fourth-order valence-electron chi connectivity index (χ4n) is 0.494. The molecule has 0 spiro atoms. The van der Waals surface area contributed by atoms with Gasteiger partial charge < -0.3 is 0 Å². The van der Waals surface area contributed by atoms with Gasteiger partial charge >= 0.3 is 0 Å². The van der Waals surface area contributed by atoms with Crippen molar-refractivity contribution in [3.05, 3.63) is 23.8 Å². The average Bonchev–Trinajstić information content (AvgIpc) is 1.88. The zero-order valence-corrected chi connectivity index (χ0v) is 6.09. The van der Waals surface area contributed by atoms with Gasteiger partial charge in [0, 0.05) is 12.4 Å². The molecule has 0 saturated carbocycles. The smallest absolute Gasteiger partial charge is 0.272 e. The lowest BCUT2D eigenvalue weighted by atomic mass is 10.4. The number of hydrogen-bond acceptors (Lipinski definition) is 3. The zero-order valence-electron chi connectivity index (χ0n) is 5.34. The van der Waals surface area contributed by atoms with E-state index in [4.69, 9.17) is 11.6 Å². The van der Waals surface area contributed by atoms with Gasteiger partial charge in [0.25, 0.3) is 5.24 Å². The fourth-order valence-corrected chi connectivity index (χ4v) is 0.592. The van der Waals surface area contributed by atoms with Gasteiger partial charge in [-0.3, -0.25) is 4.79 Å². The highest BCUT2D eigenvalue weighted by molar-refractivity contribution is 6.67. The van der Waals surface area contributed by atoms with Crippen LogP contribution in [0.15, 0.2) is 12.4 Å². The molecule has 0 unspecified atom stereocenters. The van der Waals surface area contributed by atoms with Crippen LogP contribution in [-0.4, -0.2) is 15.2 Å². The highest BCUT2D eigenvalue weighted by Crippen LogP contribution is 1.96. The van der Waals surface area contributed by atoms with Crippen molar-refractivity contribution in [2.24, 2.45) is 0 Å². The summed E-state index contributed by atoms with van der Waals surface area (Å²) in [5.74, 6) is 0.0484. The second kappa shape index (κ2) is 2.75. The van der Waals surface area contributed by atoms with E-state index < -0.39 is 5.24 Å². The lowest BCUT2D eigenvalue weighted by molar-refractivity contribution is 0.107. The molecule has 1 rings (SSSR count). The molecule has 1 aromatic rings. The molecule has 0 amide bonds. The third-order valence-corrected chi connectivity index (χ3v) is 1.13. The second-order valence-corrected chi connectivity index (χ2v) is 2.20. The molecule has 52 valence electrons. The van der Waals surface area contributed by atoms with Crippen LogP contribution >= 0.6 is 11.6 Å². The maximum absolute atomic E-state index is 10.4. The Hall–Kier alpha value is -0.960. The van der Waals surface area contributed by atoms with Crippen LogP contribution in [0.2, 0.25) is 0 Å². The van der Waals surface area contributed by atoms with Crippen molar-refractivity contribution in [3.63, 3.8) is 0 Å². The summed E-state index contributed by atoms with van der Waals surface area (Å²) >= 11 is 5.09. The van der Waals surface area contributed by atoms with Crippen LogP contribution in [0.25, 0.3) is 0 Å². The standard InChI is InChI=1S/C6H5ClN2O/c1-4-2-8-6(5(7)10)9-3-4/h2-3H,1H3. The monoisotopic (exact) mass is 156 g/mol. The molecule has 0 bridgehead atoms. The number of carbonyl (C=O) groups excluding carboxylic acids is 1. The summed E-state index contributed by atoms with van der Waals surface area (Å²) in [5.41, 5.74) is 0.904. The fraction of sp³-hybridized carbons (Fsp3) is 0.167. The topological polar surface area (TPSA) is 42.9 Å². The Kier molecular flexibility index (Phi) is 1.97. The molecule has 4 heteroatoms. The zero-order chi connectivity index (χ0) is 7.56. The van der Waals surface area contributed by atoms with Gasteiger partial charge in [-0.2, -0.15) is 0 Å². The van der Waals surface area contributed by atoms with E-state index in [1.807, 2.05) is 6.92 Å². The Morgan fingerprint density at radius 3 is 2.40 bits per heavy atom. The first-order valence-corrected chi connectivity index (χ1v) is 3.06. The first-order chi connectivity index (χ1) is 4.70. The van der Waals surface area contributed by atoms with Crippen molar-refractivity contribution in [1.29, 1.82) is 0 Å². The van der Waals surface area contributed by atoms with Crippen LogP contribution in [0, 0.1) is 6.92 Å². The van der Waals surface area contributed by atoms with Gasteiger partial charge in [-0.15, -0.1) is 0 Å². The number of halogens is 1. The van der Waals surface area contributed by atoms with Gasteiger partial charge in [0.2, 0.25) is 5.82 Å². The van der Waals surface area contributed by atoms with Gasteiger partial charge in [0.1, 0.15) is 0 Å². The van der Waals surface area contributed by atoms with E-state index in [0.29, 0.717) is 0 Å². The van der Waals surface area contributed by atoms with Crippen LogP contribution in [0.1, 0.15) is 16.2 Å². The SMILES string of the molecule is Cc1cnc(C(=O)Cl)nc1. The minimum absolute atomic E-state index is 0.0484. The highest BCUT2D eigenvalue weighted by atomic mass is 35.5. The first-order valence-electron chi connectivity index (χ1n) is 2.68. The largest absolute Gasteiger partial charge is 0.289 e. The van der Waals surface area contributed by atoms with Gasteiger partial charge in [-0.1, -0.05) is 0 Å². The maximum Gasteiger partial charge on any atom is 0.289 e. The molecule has 1 aromatic heterocycles. The summed E-state index contributed by atoms with van der Waals surface area (Å²) in [5, 5.41) is -0.625. The van der Waals surface area contributed by atoms with Gasteiger partial charge in [-0.05, 0) is 24.1 Å². The number of rotatable bonds is 1. The van der Waals surface area contributed by atoms with Crippen molar-refractivity contribution < 1.29 is 4.79 Å². The molecule has 0 fully saturated rings. The summed E-state index contributed by atoms with van der Waals surface area (Å²) in [6, 6.07) is 0. The molecular formula is C6H5ClN2O. The average molecular weight is 157 g/mol. The summed E-state index contributed by atoms with van der Waals surface area (Å²) in [6.45, 7) is 1.84. The normalized spacial score (nSPS) is 9.40. The van der Waals surface area contributed by atoms with E-state index in [1.165, 1.54) is 0 Å². The van der Waals surface area contributed by atoms with Gasteiger partial charge in [0.15, 0.2) is 0 Å². The van der Waals surface area contributed by atoms with Gasteiger partial charge in [0.05, 0.1) is 0 Å². The van der Waals surface area contributed by atoms with Crippen LogP contribution in [0.4, 0.5) is 0 Å². The lowest BCUT2D eigenvalue weighted by Crippen LogP contribution is -1.97. The van der Waals surface area contributed by atoms with Crippen LogP contribution in [0.3, 0.4) is 0 Å².